The third kappa shape index (κ3) is 5.60. The number of aromatic nitrogens is 2. The van der Waals surface area contributed by atoms with Gasteiger partial charge in [0.25, 0.3) is 0 Å². The van der Waals surface area contributed by atoms with Gasteiger partial charge in [-0.2, -0.15) is 5.10 Å². The molecule has 1 fully saturated rings. The molecule has 6 nitrogen and oxygen atoms in total. The quantitative estimate of drug-likeness (QED) is 0.621. The van der Waals surface area contributed by atoms with Crippen LogP contribution < -0.4 is 10.6 Å². The molecule has 1 aromatic carbocycles. The number of rotatable bonds is 6. The molecule has 1 saturated heterocycles. The largest absolute Gasteiger partial charge is 0.355 e. The van der Waals surface area contributed by atoms with Crippen molar-refractivity contribution in [3.63, 3.8) is 0 Å². The molecule has 2 heterocycles. The molecule has 3 rings (SSSR count). The van der Waals surface area contributed by atoms with Gasteiger partial charge in [-0.3, -0.25) is 14.6 Å². The van der Waals surface area contributed by atoms with E-state index in [4.69, 9.17) is 0 Å². The molecule has 0 unspecified atom stereocenters. The van der Waals surface area contributed by atoms with Crippen LogP contribution in [0.3, 0.4) is 0 Å². The van der Waals surface area contributed by atoms with Crippen molar-refractivity contribution >= 4 is 5.96 Å². The van der Waals surface area contributed by atoms with Crippen LogP contribution in [0.2, 0.25) is 0 Å². The van der Waals surface area contributed by atoms with E-state index in [1.807, 2.05) is 24.0 Å². The summed E-state index contributed by atoms with van der Waals surface area (Å²) in [7, 11) is 1.83. The number of piperidine rings is 1. The number of hydrogen-bond donors (Lipinski definition) is 2. The molecule has 0 bridgehead atoms. The molecule has 0 atom stereocenters. The van der Waals surface area contributed by atoms with Gasteiger partial charge in [0.2, 0.25) is 0 Å². The number of likely N-dealkylation sites (tertiary alicyclic amines) is 1. The zero-order valence-corrected chi connectivity index (χ0v) is 14.9. The topological polar surface area (TPSA) is 57.5 Å². The van der Waals surface area contributed by atoms with E-state index in [0.717, 1.165) is 51.5 Å². The molecular weight excluding hydrogens is 312 g/mol. The minimum atomic E-state index is 0.489. The van der Waals surface area contributed by atoms with Crippen LogP contribution in [0, 0.1) is 0 Å². The number of guanidine groups is 1. The predicted octanol–water partition coefficient (Wildman–Crippen LogP) is 1.71. The highest BCUT2D eigenvalue weighted by atomic mass is 15.3. The van der Waals surface area contributed by atoms with Gasteiger partial charge in [-0.1, -0.05) is 30.3 Å². The van der Waals surface area contributed by atoms with Crippen LogP contribution in [0.5, 0.6) is 0 Å². The number of hydrogen-bond acceptors (Lipinski definition) is 3. The summed E-state index contributed by atoms with van der Waals surface area (Å²) >= 11 is 0. The lowest BCUT2D eigenvalue weighted by molar-refractivity contribution is 0.198. The zero-order valence-electron chi connectivity index (χ0n) is 14.9. The minimum absolute atomic E-state index is 0.489. The first kappa shape index (κ1) is 17.5. The second-order valence-corrected chi connectivity index (χ2v) is 6.45. The van der Waals surface area contributed by atoms with Gasteiger partial charge >= 0.3 is 0 Å². The molecule has 0 radical (unpaired) electrons. The third-order valence-electron chi connectivity index (χ3n) is 4.59. The molecule has 0 aliphatic carbocycles. The highest BCUT2D eigenvalue weighted by Gasteiger charge is 2.19. The second kappa shape index (κ2) is 9.22. The lowest BCUT2D eigenvalue weighted by atomic mass is 10.0. The molecular formula is C19H28N6. The fourth-order valence-corrected chi connectivity index (χ4v) is 3.19. The first-order valence-electron chi connectivity index (χ1n) is 9.04. The normalized spacial score (nSPS) is 16.8. The number of nitrogens with zero attached hydrogens (tertiary/aromatic N) is 4. The Morgan fingerprint density at radius 2 is 2.00 bits per heavy atom. The summed E-state index contributed by atoms with van der Waals surface area (Å²) in [5.41, 5.74) is 1.39. The number of nitrogens with one attached hydrogen (secondary N) is 2. The summed E-state index contributed by atoms with van der Waals surface area (Å²) in [6, 6.07) is 13.1. The summed E-state index contributed by atoms with van der Waals surface area (Å²) < 4.78 is 1.92. The summed E-state index contributed by atoms with van der Waals surface area (Å²) in [6.07, 6.45) is 6.07. The van der Waals surface area contributed by atoms with Gasteiger partial charge in [-0.05, 0) is 24.5 Å². The predicted molar refractivity (Wildman–Crippen MR) is 101 cm³/mol. The van der Waals surface area contributed by atoms with Crippen LogP contribution in [0.1, 0.15) is 18.4 Å². The van der Waals surface area contributed by atoms with Crippen LogP contribution >= 0.6 is 0 Å². The molecule has 6 heteroatoms. The molecule has 134 valence electrons. The average molecular weight is 340 g/mol. The van der Waals surface area contributed by atoms with Crippen molar-refractivity contribution in [1.29, 1.82) is 0 Å². The van der Waals surface area contributed by atoms with E-state index in [1.54, 1.807) is 6.20 Å². The van der Waals surface area contributed by atoms with Gasteiger partial charge in [0.1, 0.15) is 0 Å². The maximum Gasteiger partial charge on any atom is 0.191 e. The van der Waals surface area contributed by atoms with Crippen molar-refractivity contribution in [2.45, 2.75) is 32.0 Å². The summed E-state index contributed by atoms with van der Waals surface area (Å²) in [5.74, 6) is 0.883. The molecule has 2 aromatic rings. The monoisotopic (exact) mass is 340 g/mol. The smallest absolute Gasteiger partial charge is 0.191 e. The van der Waals surface area contributed by atoms with Gasteiger partial charge < -0.3 is 10.6 Å². The average Bonchev–Trinajstić information content (AvgIpc) is 3.17. The molecule has 25 heavy (non-hydrogen) atoms. The molecule has 0 saturated carbocycles. The Labute approximate surface area is 149 Å². The third-order valence-corrected chi connectivity index (χ3v) is 4.59. The standard InChI is InChI=1S/C19H28N6/c1-20-19(21-11-15-25-12-5-10-22-25)23-18-8-13-24(14-9-18)16-17-6-3-2-4-7-17/h2-7,10,12,18H,8-9,11,13-16H2,1H3,(H2,20,21,23). The van der Waals surface area contributed by atoms with Crippen molar-refractivity contribution in [3.8, 4) is 0 Å². The highest BCUT2D eigenvalue weighted by Crippen LogP contribution is 2.13. The van der Waals surface area contributed by atoms with Gasteiger partial charge in [-0.15, -0.1) is 0 Å². The van der Waals surface area contributed by atoms with Crippen molar-refractivity contribution in [2.24, 2.45) is 4.99 Å². The Bertz CT molecular complexity index is 629. The Balaban J connectivity index is 1.37. The van der Waals surface area contributed by atoms with Crippen molar-refractivity contribution in [1.82, 2.24) is 25.3 Å². The van der Waals surface area contributed by atoms with Gasteiger partial charge in [0.15, 0.2) is 5.96 Å². The van der Waals surface area contributed by atoms with E-state index in [2.05, 4.69) is 56.0 Å². The molecule has 0 amide bonds. The van der Waals surface area contributed by atoms with Crippen molar-refractivity contribution in [2.75, 3.05) is 26.7 Å². The molecule has 1 aliphatic rings. The first-order valence-corrected chi connectivity index (χ1v) is 9.04. The van der Waals surface area contributed by atoms with E-state index in [0.29, 0.717) is 6.04 Å². The maximum atomic E-state index is 4.34. The summed E-state index contributed by atoms with van der Waals surface area (Å²) in [6.45, 7) is 4.94. The van der Waals surface area contributed by atoms with Crippen LogP contribution in [-0.2, 0) is 13.1 Å². The Kier molecular flexibility index (Phi) is 6.45. The van der Waals surface area contributed by atoms with E-state index in [9.17, 15) is 0 Å². The second-order valence-electron chi connectivity index (χ2n) is 6.45. The zero-order chi connectivity index (χ0) is 17.3. The molecule has 2 N–H and O–H groups in total. The van der Waals surface area contributed by atoms with E-state index >= 15 is 0 Å². The molecule has 0 spiro atoms. The lowest BCUT2D eigenvalue weighted by Gasteiger charge is -2.33. The van der Waals surface area contributed by atoms with Crippen molar-refractivity contribution in [3.05, 3.63) is 54.4 Å². The van der Waals surface area contributed by atoms with Crippen LogP contribution in [0.25, 0.3) is 0 Å². The minimum Gasteiger partial charge on any atom is -0.355 e. The lowest BCUT2D eigenvalue weighted by Crippen LogP contribution is -2.49. The summed E-state index contributed by atoms with van der Waals surface area (Å²) in [5, 5.41) is 11.1. The van der Waals surface area contributed by atoms with Gasteiger partial charge in [0.05, 0.1) is 6.54 Å². The first-order chi connectivity index (χ1) is 12.3. The molecule has 1 aliphatic heterocycles. The van der Waals surface area contributed by atoms with E-state index in [-0.39, 0.29) is 0 Å². The van der Waals surface area contributed by atoms with Crippen LogP contribution in [-0.4, -0.2) is 53.4 Å². The fourth-order valence-electron chi connectivity index (χ4n) is 3.19. The van der Waals surface area contributed by atoms with Gasteiger partial charge in [0, 0.05) is 51.7 Å². The van der Waals surface area contributed by atoms with Gasteiger partial charge in [-0.25, -0.2) is 0 Å². The Morgan fingerprint density at radius 3 is 2.68 bits per heavy atom. The number of aliphatic imine (C=N–C) groups is 1. The van der Waals surface area contributed by atoms with Crippen LogP contribution in [0.4, 0.5) is 0 Å². The highest BCUT2D eigenvalue weighted by molar-refractivity contribution is 5.79. The number of benzene rings is 1. The SMILES string of the molecule is CN=C(NCCn1cccn1)NC1CCN(Cc2ccccc2)CC1. The van der Waals surface area contributed by atoms with E-state index < -0.39 is 0 Å². The fraction of sp³-hybridized carbons (Fsp3) is 0.474. The van der Waals surface area contributed by atoms with Crippen LogP contribution in [0.15, 0.2) is 53.8 Å². The summed E-state index contributed by atoms with van der Waals surface area (Å²) in [4.78, 5) is 6.87. The maximum absolute atomic E-state index is 4.34. The Morgan fingerprint density at radius 1 is 1.20 bits per heavy atom. The van der Waals surface area contributed by atoms with E-state index in [1.165, 1.54) is 5.56 Å². The Hall–Kier alpha value is -2.34. The molecule has 1 aromatic heterocycles. The van der Waals surface area contributed by atoms with Crippen molar-refractivity contribution < 1.29 is 0 Å².